The lowest BCUT2D eigenvalue weighted by Gasteiger charge is -2.02. The van der Waals surface area contributed by atoms with Gasteiger partial charge in [-0.05, 0) is 25.8 Å². The Labute approximate surface area is 115 Å². The molecule has 0 bridgehead atoms. The van der Waals surface area contributed by atoms with Crippen molar-refractivity contribution in [3.63, 3.8) is 0 Å². The Hall–Kier alpha value is -0.980. The summed E-state index contributed by atoms with van der Waals surface area (Å²) in [5.41, 5.74) is 0.986. The summed E-state index contributed by atoms with van der Waals surface area (Å²) < 4.78 is 0. The minimum absolute atomic E-state index is 0.595. The number of nitrogens with one attached hydrogen (secondary N) is 2. The van der Waals surface area contributed by atoms with Gasteiger partial charge in [-0.3, -0.25) is 0 Å². The van der Waals surface area contributed by atoms with Crippen molar-refractivity contribution in [1.29, 1.82) is 0 Å². The van der Waals surface area contributed by atoms with E-state index in [1.165, 1.54) is 6.42 Å². The highest BCUT2D eigenvalue weighted by atomic mass is 35.5. The van der Waals surface area contributed by atoms with Gasteiger partial charge in [-0.1, -0.05) is 24.9 Å². The number of terminal acetylenes is 1. The van der Waals surface area contributed by atoms with E-state index in [0.717, 1.165) is 56.7 Å². The van der Waals surface area contributed by atoms with Crippen LogP contribution in [0, 0.1) is 12.3 Å². The third-order valence-corrected chi connectivity index (χ3v) is 3.08. The summed E-state index contributed by atoms with van der Waals surface area (Å²) in [6.45, 7) is 3.87. The molecule has 0 saturated carbocycles. The predicted octanol–water partition coefficient (Wildman–Crippen LogP) is 3.30. The van der Waals surface area contributed by atoms with Gasteiger partial charge in [0.2, 0.25) is 0 Å². The van der Waals surface area contributed by atoms with Crippen molar-refractivity contribution in [2.45, 2.75) is 52.0 Å². The number of aryl methyl sites for hydroxylation is 1. The van der Waals surface area contributed by atoms with E-state index in [1.54, 1.807) is 0 Å². The van der Waals surface area contributed by atoms with Gasteiger partial charge in [0, 0.05) is 19.4 Å². The standard InChI is InChI=1S/C14H22ClN3/c1-3-5-7-8-10-16-11-12-14(15)18-13(17-12)9-6-4-2/h1,16H,4-11H2,2H3,(H,17,18). The van der Waals surface area contributed by atoms with Crippen LogP contribution in [0.4, 0.5) is 0 Å². The van der Waals surface area contributed by atoms with Gasteiger partial charge >= 0.3 is 0 Å². The molecular weight excluding hydrogens is 246 g/mol. The van der Waals surface area contributed by atoms with E-state index in [2.05, 4.69) is 28.1 Å². The van der Waals surface area contributed by atoms with Gasteiger partial charge in [0.1, 0.15) is 5.82 Å². The first-order chi connectivity index (χ1) is 8.77. The van der Waals surface area contributed by atoms with Crippen LogP contribution in [0.3, 0.4) is 0 Å². The van der Waals surface area contributed by atoms with Crippen molar-refractivity contribution in [3.05, 3.63) is 16.7 Å². The number of rotatable bonds is 9. The monoisotopic (exact) mass is 267 g/mol. The highest BCUT2D eigenvalue weighted by molar-refractivity contribution is 6.30. The lowest BCUT2D eigenvalue weighted by atomic mass is 10.2. The van der Waals surface area contributed by atoms with E-state index in [9.17, 15) is 0 Å². The number of aromatic amines is 1. The number of hydrogen-bond donors (Lipinski definition) is 2. The fraction of sp³-hybridized carbons (Fsp3) is 0.643. The number of unbranched alkanes of at least 4 members (excludes halogenated alkanes) is 3. The topological polar surface area (TPSA) is 40.7 Å². The van der Waals surface area contributed by atoms with Crippen molar-refractivity contribution >= 4 is 11.6 Å². The molecular formula is C14H22ClN3. The van der Waals surface area contributed by atoms with Crippen molar-refractivity contribution in [1.82, 2.24) is 15.3 Å². The zero-order chi connectivity index (χ0) is 13.2. The zero-order valence-corrected chi connectivity index (χ0v) is 11.8. The molecule has 100 valence electrons. The molecule has 0 aliphatic heterocycles. The van der Waals surface area contributed by atoms with E-state index in [4.69, 9.17) is 18.0 Å². The second-order valence-corrected chi connectivity index (χ2v) is 4.75. The van der Waals surface area contributed by atoms with Gasteiger partial charge < -0.3 is 10.3 Å². The maximum absolute atomic E-state index is 6.08. The molecule has 1 aromatic rings. The van der Waals surface area contributed by atoms with Crippen LogP contribution < -0.4 is 5.32 Å². The van der Waals surface area contributed by atoms with E-state index in [1.807, 2.05) is 0 Å². The van der Waals surface area contributed by atoms with Crippen LogP contribution in [0.1, 0.15) is 50.5 Å². The van der Waals surface area contributed by atoms with Gasteiger partial charge in [0.05, 0.1) is 5.69 Å². The molecule has 4 heteroatoms. The van der Waals surface area contributed by atoms with Crippen LogP contribution in [0.25, 0.3) is 0 Å². The number of H-pyrrole nitrogens is 1. The second-order valence-electron chi connectivity index (χ2n) is 4.39. The Morgan fingerprint density at radius 3 is 2.94 bits per heavy atom. The first-order valence-corrected chi connectivity index (χ1v) is 7.03. The summed E-state index contributed by atoms with van der Waals surface area (Å²) >= 11 is 6.08. The fourth-order valence-corrected chi connectivity index (χ4v) is 1.93. The molecule has 0 aliphatic carbocycles. The van der Waals surface area contributed by atoms with Crippen molar-refractivity contribution < 1.29 is 0 Å². The first-order valence-electron chi connectivity index (χ1n) is 6.65. The summed E-state index contributed by atoms with van der Waals surface area (Å²) in [6, 6.07) is 0. The molecule has 0 fully saturated rings. The summed E-state index contributed by atoms with van der Waals surface area (Å²) in [7, 11) is 0. The molecule has 1 heterocycles. The molecule has 0 atom stereocenters. The van der Waals surface area contributed by atoms with Crippen LogP contribution in [-0.2, 0) is 13.0 Å². The van der Waals surface area contributed by atoms with E-state index in [-0.39, 0.29) is 0 Å². The Balaban J connectivity index is 2.25. The van der Waals surface area contributed by atoms with Crippen molar-refractivity contribution in [3.8, 4) is 12.3 Å². The summed E-state index contributed by atoms with van der Waals surface area (Å²) in [5.74, 6) is 3.63. The molecule has 0 radical (unpaired) electrons. The predicted molar refractivity (Wildman–Crippen MR) is 76.6 cm³/mol. The third kappa shape index (κ3) is 5.57. The largest absolute Gasteiger partial charge is 0.344 e. The maximum Gasteiger partial charge on any atom is 0.151 e. The van der Waals surface area contributed by atoms with Crippen LogP contribution in [0.2, 0.25) is 5.15 Å². The quantitative estimate of drug-likeness (QED) is 0.532. The van der Waals surface area contributed by atoms with Gasteiger partial charge in [-0.2, -0.15) is 0 Å². The lowest BCUT2D eigenvalue weighted by Crippen LogP contribution is -2.15. The highest BCUT2D eigenvalue weighted by Gasteiger charge is 2.06. The van der Waals surface area contributed by atoms with E-state index >= 15 is 0 Å². The van der Waals surface area contributed by atoms with Crippen LogP contribution >= 0.6 is 11.6 Å². The van der Waals surface area contributed by atoms with Crippen LogP contribution in [0.5, 0.6) is 0 Å². The molecule has 0 amide bonds. The molecule has 0 saturated heterocycles. The third-order valence-electron chi connectivity index (χ3n) is 2.77. The van der Waals surface area contributed by atoms with E-state index in [0.29, 0.717) is 5.15 Å². The molecule has 18 heavy (non-hydrogen) atoms. The Bertz CT molecular complexity index is 379. The fourth-order valence-electron chi connectivity index (χ4n) is 1.71. The normalized spacial score (nSPS) is 10.5. The number of hydrogen-bond acceptors (Lipinski definition) is 2. The summed E-state index contributed by atoms with van der Waals surface area (Å²) in [5, 5.41) is 3.94. The summed E-state index contributed by atoms with van der Waals surface area (Å²) in [4.78, 5) is 7.60. The Morgan fingerprint density at radius 2 is 2.22 bits per heavy atom. The average molecular weight is 268 g/mol. The molecule has 0 aliphatic rings. The van der Waals surface area contributed by atoms with Gasteiger partial charge in [0.25, 0.3) is 0 Å². The Kier molecular flexibility index (Phi) is 7.55. The maximum atomic E-state index is 6.08. The molecule has 1 rings (SSSR count). The molecule has 1 aromatic heterocycles. The first kappa shape index (κ1) is 15.1. The number of imidazole rings is 1. The Morgan fingerprint density at radius 1 is 1.39 bits per heavy atom. The van der Waals surface area contributed by atoms with E-state index < -0.39 is 0 Å². The smallest absolute Gasteiger partial charge is 0.151 e. The number of nitrogens with zero attached hydrogens (tertiary/aromatic N) is 1. The molecule has 0 unspecified atom stereocenters. The zero-order valence-electron chi connectivity index (χ0n) is 11.1. The second kappa shape index (κ2) is 9.02. The summed E-state index contributed by atoms with van der Waals surface area (Å²) in [6.07, 6.45) is 11.5. The SMILES string of the molecule is C#CCCCCNCc1[nH]c(CCCC)nc1Cl. The van der Waals surface area contributed by atoms with Crippen molar-refractivity contribution in [2.75, 3.05) is 6.54 Å². The number of halogens is 1. The molecule has 0 aromatic carbocycles. The molecule has 3 nitrogen and oxygen atoms in total. The molecule has 0 spiro atoms. The minimum atomic E-state index is 0.595. The lowest BCUT2D eigenvalue weighted by molar-refractivity contribution is 0.623. The van der Waals surface area contributed by atoms with Crippen molar-refractivity contribution in [2.24, 2.45) is 0 Å². The van der Waals surface area contributed by atoms with Gasteiger partial charge in [0.15, 0.2) is 5.15 Å². The molecule has 2 N–H and O–H groups in total. The number of aromatic nitrogens is 2. The van der Waals surface area contributed by atoms with Gasteiger partial charge in [-0.25, -0.2) is 4.98 Å². The minimum Gasteiger partial charge on any atom is -0.344 e. The van der Waals surface area contributed by atoms with Crippen LogP contribution in [0.15, 0.2) is 0 Å². The van der Waals surface area contributed by atoms with Gasteiger partial charge in [-0.15, -0.1) is 12.3 Å². The highest BCUT2D eigenvalue weighted by Crippen LogP contribution is 2.13. The van der Waals surface area contributed by atoms with Crippen LogP contribution in [-0.4, -0.2) is 16.5 Å². The average Bonchev–Trinajstić information content (AvgIpc) is 2.72.